The van der Waals surface area contributed by atoms with Crippen LogP contribution in [0.2, 0.25) is 0 Å². The number of hydrogen-bond donors (Lipinski definition) is 0. The van der Waals surface area contributed by atoms with E-state index in [1.54, 1.807) is 0 Å². The van der Waals surface area contributed by atoms with Gasteiger partial charge in [-0.2, -0.15) is 5.56 Å². The molecule has 54 heavy (non-hydrogen) atoms. The van der Waals surface area contributed by atoms with Crippen LogP contribution < -0.4 is 4.74 Å². The fraction of sp³-hybridized carbons (Fsp3) is 0.500. The van der Waals surface area contributed by atoms with Gasteiger partial charge in [-0.3, -0.25) is 0 Å². The second kappa shape index (κ2) is 13.9. The minimum Gasteiger partial charge on any atom is -0.503 e. The third-order valence-corrected chi connectivity index (χ3v) is 12.5. The molecule has 1 saturated carbocycles. The van der Waals surface area contributed by atoms with Gasteiger partial charge in [0.15, 0.2) is 0 Å². The number of aromatic nitrogens is 2. The molecular weight excluding hydrogens is 844 g/mol. The van der Waals surface area contributed by atoms with E-state index in [1.807, 2.05) is 12.3 Å². The molecule has 1 fully saturated rings. The maximum Gasteiger partial charge on any atom is 2.00 e. The quantitative estimate of drug-likeness (QED) is 0.165. The Morgan fingerprint density at radius 3 is 2.07 bits per heavy atom. The summed E-state index contributed by atoms with van der Waals surface area (Å²) in [5.74, 6) is 2.39. The van der Waals surface area contributed by atoms with Crippen LogP contribution in [0.25, 0.3) is 27.6 Å². The van der Waals surface area contributed by atoms with Gasteiger partial charge in [0, 0.05) is 40.3 Å². The molecule has 0 radical (unpaired) electrons. The predicted molar refractivity (Wildman–Crippen MR) is 222 cm³/mol. The number of amidine groups is 1. The minimum atomic E-state index is -0.303. The van der Waals surface area contributed by atoms with Crippen LogP contribution in [0.5, 0.6) is 11.5 Å². The Morgan fingerprint density at radius 1 is 0.759 bits per heavy atom. The summed E-state index contributed by atoms with van der Waals surface area (Å²) in [6.45, 7) is 29.9. The summed E-state index contributed by atoms with van der Waals surface area (Å²) in [4.78, 5) is 13.3. The van der Waals surface area contributed by atoms with Crippen LogP contribution in [0.1, 0.15) is 137 Å². The predicted octanol–water partition coefficient (Wildman–Crippen LogP) is 12.5. The van der Waals surface area contributed by atoms with Crippen molar-refractivity contribution < 1.29 is 25.8 Å². The number of hydrogen-bond acceptors (Lipinski definition) is 4. The zero-order valence-electron chi connectivity index (χ0n) is 34.9. The fourth-order valence-corrected chi connectivity index (χ4v) is 8.81. The molecule has 0 unspecified atom stereocenters. The van der Waals surface area contributed by atoms with Crippen LogP contribution in [0, 0.1) is 24.5 Å². The van der Waals surface area contributed by atoms with E-state index in [0.29, 0.717) is 17.5 Å². The number of rotatable bonds is 5. The first-order valence-corrected chi connectivity index (χ1v) is 19.8. The summed E-state index contributed by atoms with van der Waals surface area (Å²) >= 11 is 0. The Bertz CT molecular complexity index is 2220. The van der Waals surface area contributed by atoms with Gasteiger partial charge in [-0.25, -0.2) is 4.98 Å². The Kier molecular flexibility index (Phi) is 10.4. The first-order chi connectivity index (χ1) is 24.7. The second-order valence-corrected chi connectivity index (χ2v) is 19.6. The number of aryl methyl sites for hydroxylation is 1. The van der Waals surface area contributed by atoms with Gasteiger partial charge in [0.2, 0.25) is 0 Å². The Balaban J connectivity index is 0.00000497. The summed E-state index contributed by atoms with van der Waals surface area (Å²) in [6.07, 6.45) is 8.11. The zero-order valence-corrected chi connectivity index (χ0v) is 37.2. The summed E-state index contributed by atoms with van der Waals surface area (Å²) in [7, 11) is 0. The van der Waals surface area contributed by atoms with Crippen LogP contribution >= 0.6 is 0 Å². The standard InChI is InChI=1S/C48H60N4O.Pt/c1-31-24-36(51-41-22-21-33(44(2,3)4)29-40(41)39-20-17-23-49-43(39)51)30-37(25-31)53-38-27-32(26-34(28-38)45(5,6)7)42-50-48(13,46(8,9)10)47(11,12)52(42)35-18-15-14-16-19-35;/h17,20-26,28-29,35H,14-16,18-19H2,1-13H3;/q-2;+2/t48-;/m1./s1. The Hall–Kier alpha value is -3.43. The van der Waals surface area contributed by atoms with Crippen LogP contribution in [0.4, 0.5) is 0 Å². The molecule has 0 spiro atoms. The van der Waals surface area contributed by atoms with Crippen molar-refractivity contribution in [1.29, 1.82) is 0 Å². The summed E-state index contributed by atoms with van der Waals surface area (Å²) in [5.41, 5.74) is 6.91. The van der Waals surface area contributed by atoms with Crippen molar-refractivity contribution in [1.82, 2.24) is 14.5 Å². The molecule has 0 N–H and O–H groups in total. The van der Waals surface area contributed by atoms with Crippen LogP contribution in [0.15, 0.2) is 65.8 Å². The summed E-state index contributed by atoms with van der Waals surface area (Å²) < 4.78 is 9.08. The SMILES string of the molecule is Cc1cc(Oc2[c-]c(C3=N[C@](C)(C(C)(C)C)C(C)(C)N3C3CCCCC3)cc(C(C)(C)C)c2)[c-]c(-n2c3ccc(C(C)(C)C)cc3c3cccnc32)c1.[Pt+2]. The Labute approximate surface area is 339 Å². The van der Waals surface area contributed by atoms with E-state index >= 15 is 0 Å². The molecule has 2 aromatic heterocycles. The van der Waals surface area contributed by atoms with Crippen LogP contribution in [-0.2, 0) is 31.9 Å². The molecule has 0 bridgehead atoms. The van der Waals surface area contributed by atoms with Crippen molar-refractivity contribution in [2.45, 2.75) is 150 Å². The number of ether oxygens (including phenoxy) is 1. The van der Waals surface area contributed by atoms with Crippen LogP contribution in [0.3, 0.4) is 0 Å². The van der Waals surface area contributed by atoms with E-state index in [2.05, 4.69) is 160 Å². The van der Waals surface area contributed by atoms with Crippen molar-refractivity contribution in [3.8, 4) is 17.2 Å². The Morgan fingerprint density at radius 2 is 1.43 bits per heavy atom. The van der Waals surface area contributed by atoms with Gasteiger partial charge in [0.1, 0.15) is 5.65 Å². The molecule has 5 aromatic rings. The normalized spacial score (nSPS) is 19.6. The maximum atomic E-state index is 6.86. The van der Waals surface area contributed by atoms with E-state index in [0.717, 1.165) is 39.2 Å². The zero-order chi connectivity index (χ0) is 38.3. The number of aliphatic imine (C=N–C) groups is 1. The van der Waals surface area contributed by atoms with Gasteiger partial charge >= 0.3 is 21.1 Å². The molecule has 2 aliphatic rings. The molecule has 6 heteroatoms. The van der Waals surface area contributed by atoms with Gasteiger partial charge in [-0.05, 0) is 79.7 Å². The van der Waals surface area contributed by atoms with Crippen molar-refractivity contribution in [3.63, 3.8) is 0 Å². The second-order valence-electron chi connectivity index (χ2n) is 19.6. The smallest absolute Gasteiger partial charge is 0.503 e. The van der Waals surface area contributed by atoms with Crippen molar-refractivity contribution in [2.24, 2.45) is 10.4 Å². The maximum absolute atomic E-state index is 6.86. The number of fused-ring (bicyclic) bond motifs is 3. The molecule has 1 aliphatic heterocycles. The molecule has 0 saturated heterocycles. The van der Waals surface area contributed by atoms with Crippen molar-refractivity contribution >= 4 is 27.8 Å². The van der Waals surface area contributed by atoms with E-state index in [9.17, 15) is 0 Å². The molecular formula is C48H60N4OPt. The van der Waals surface area contributed by atoms with Gasteiger partial charge < -0.3 is 19.2 Å². The molecule has 3 aromatic carbocycles. The summed E-state index contributed by atoms with van der Waals surface area (Å²) in [6, 6.07) is 27.6. The van der Waals surface area contributed by atoms with E-state index in [1.165, 1.54) is 48.6 Å². The molecule has 5 nitrogen and oxygen atoms in total. The van der Waals surface area contributed by atoms with Crippen LogP contribution in [-0.4, -0.2) is 37.4 Å². The fourth-order valence-electron chi connectivity index (χ4n) is 8.81. The number of pyridine rings is 1. The monoisotopic (exact) mass is 903 g/mol. The molecule has 288 valence electrons. The third-order valence-electron chi connectivity index (χ3n) is 12.5. The summed E-state index contributed by atoms with van der Waals surface area (Å²) in [5, 5.41) is 2.32. The van der Waals surface area contributed by atoms with Gasteiger partial charge in [0.25, 0.3) is 0 Å². The van der Waals surface area contributed by atoms with Gasteiger partial charge in [-0.15, -0.1) is 35.4 Å². The molecule has 0 amide bonds. The molecule has 1 atom stereocenters. The van der Waals surface area contributed by atoms with Gasteiger partial charge in [-0.1, -0.05) is 112 Å². The molecule has 1 aliphatic carbocycles. The average Bonchev–Trinajstić information content (AvgIpc) is 3.52. The first kappa shape index (κ1) is 40.2. The first-order valence-electron chi connectivity index (χ1n) is 19.8. The topological polar surface area (TPSA) is 42.6 Å². The van der Waals surface area contributed by atoms with Crippen molar-refractivity contribution in [3.05, 3.63) is 95.2 Å². The van der Waals surface area contributed by atoms with Gasteiger partial charge in [0.05, 0.1) is 16.6 Å². The molecule has 3 heterocycles. The number of benzene rings is 3. The number of nitrogens with zero attached hydrogens (tertiary/aromatic N) is 4. The third kappa shape index (κ3) is 6.97. The van der Waals surface area contributed by atoms with E-state index in [4.69, 9.17) is 14.7 Å². The minimum absolute atomic E-state index is 0. The van der Waals surface area contributed by atoms with E-state index < -0.39 is 0 Å². The average molecular weight is 904 g/mol. The van der Waals surface area contributed by atoms with Crippen molar-refractivity contribution in [2.75, 3.05) is 0 Å². The largest absolute Gasteiger partial charge is 2.00 e. The van der Waals surface area contributed by atoms with E-state index in [-0.39, 0.29) is 48.4 Å². The molecule has 7 rings (SSSR count).